The summed E-state index contributed by atoms with van der Waals surface area (Å²) >= 11 is 0. The van der Waals surface area contributed by atoms with Gasteiger partial charge in [-0.1, -0.05) is 50.2 Å². The standard InChI is InChI=1S/C29H36FN3O3/c1-20(2)24-5-3-4-6-25(24)26-18-31(17-21-7-9-22(30)10-8-21)19-27(34)33(26)23-15-29(16-23)11-13-32(14-12-29)28(35)36/h3-10,20,23,26H,11-19H2,1-2H3,(H,35,36)/t26-/m1/s1. The Bertz CT molecular complexity index is 1100. The van der Waals surface area contributed by atoms with Crippen molar-refractivity contribution in [3.8, 4) is 0 Å². The summed E-state index contributed by atoms with van der Waals surface area (Å²) in [7, 11) is 0. The van der Waals surface area contributed by atoms with Crippen molar-refractivity contribution in [2.24, 2.45) is 5.41 Å². The number of carboxylic acid groups (broad SMARTS) is 1. The molecule has 1 aliphatic carbocycles. The molecule has 2 aliphatic heterocycles. The number of hydrogen-bond donors (Lipinski definition) is 1. The maximum atomic E-state index is 13.7. The monoisotopic (exact) mass is 493 g/mol. The number of piperidine rings is 1. The maximum absolute atomic E-state index is 13.7. The summed E-state index contributed by atoms with van der Waals surface area (Å²) in [5, 5.41) is 9.32. The number of carbonyl (C=O) groups excluding carboxylic acids is 1. The van der Waals surface area contributed by atoms with Gasteiger partial charge in [-0.2, -0.15) is 0 Å². The fourth-order valence-corrected chi connectivity index (χ4v) is 6.58. The number of nitrogens with zero attached hydrogens (tertiary/aromatic N) is 3. The molecule has 3 fully saturated rings. The van der Waals surface area contributed by atoms with E-state index in [1.807, 2.05) is 0 Å². The molecule has 6 nitrogen and oxygen atoms in total. The lowest BCUT2D eigenvalue weighted by Crippen LogP contribution is -2.62. The summed E-state index contributed by atoms with van der Waals surface area (Å²) in [6.45, 7) is 7.26. The van der Waals surface area contributed by atoms with Crippen LogP contribution in [0, 0.1) is 11.2 Å². The molecule has 1 spiro atoms. The van der Waals surface area contributed by atoms with Crippen molar-refractivity contribution in [3.63, 3.8) is 0 Å². The van der Waals surface area contributed by atoms with Gasteiger partial charge in [0.1, 0.15) is 5.82 Å². The third-order valence-corrected chi connectivity index (χ3v) is 8.54. The van der Waals surface area contributed by atoms with E-state index in [1.54, 1.807) is 12.1 Å². The quantitative estimate of drug-likeness (QED) is 0.617. The molecule has 36 heavy (non-hydrogen) atoms. The summed E-state index contributed by atoms with van der Waals surface area (Å²) in [6, 6.07) is 15.2. The first-order chi connectivity index (χ1) is 17.2. The van der Waals surface area contributed by atoms with Crippen LogP contribution in [0.3, 0.4) is 0 Å². The topological polar surface area (TPSA) is 64.1 Å². The molecule has 7 heteroatoms. The van der Waals surface area contributed by atoms with Crippen LogP contribution in [-0.2, 0) is 11.3 Å². The number of carbonyl (C=O) groups is 2. The Morgan fingerprint density at radius 3 is 2.39 bits per heavy atom. The molecule has 0 unspecified atom stereocenters. The number of piperazine rings is 1. The van der Waals surface area contributed by atoms with E-state index in [4.69, 9.17) is 0 Å². The Balaban J connectivity index is 1.37. The van der Waals surface area contributed by atoms with Crippen LogP contribution in [0.25, 0.3) is 0 Å². The van der Waals surface area contributed by atoms with Crippen LogP contribution >= 0.6 is 0 Å². The Kier molecular flexibility index (Phi) is 6.77. The van der Waals surface area contributed by atoms with Gasteiger partial charge in [0.15, 0.2) is 0 Å². The molecular formula is C29H36FN3O3. The average molecular weight is 494 g/mol. The van der Waals surface area contributed by atoms with Crippen LogP contribution in [0.15, 0.2) is 48.5 Å². The zero-order chi connectivity index (χ0) is 25.4. The molecule has 0 aromatic heterocycles. The predicted octanol–water partition coefficient (Wildman–Crippen LogP) is 5.26. The van der Waals surface area contributed by atoms with Gasteiger partial charge in [0, 0.05) is 32.2 Å². The molecule has 2 heterocycles. The lowest BCUT2D eigenvalue weighted by atomic mass is 9.59. The fraction of sp³-hybridized carbons (Fsp3) is 0.517. The van der Waals surface area contributed by atoms with Crippen LogP contribution in [0.5, 0.6) is 0 Å². The van der Waals surface area contributed by atoms with E-state index >= 15 is 0 Å². The summed E-state index contributed by atoms with van der Waals surface area (Å²) in [6.07, 6.45) is 2.82. The zero-order valence-corrected chi connectivity index (χ0v) is 21.2. The van der Waals surface area contributed by atoms with Crippen molar-refractivity contribution in [3.05, 3.63) is 71.0 Å². The Morgan fingerprint density at radius 2 is 1.75 bits per heavy atom. The van der Waals surface area contributed by atoms with Crippen molar-refractivity contribution in [1.82, 2.24) is 14.7 Å². The maximum Gasteiger partial charge on any atom is 0.407 e. The Morgan fingerprint density at radius 1 is 1.08 bits per heavy atom. The largest absolute Gasteiger partial charge is 0.465 e. The number of amides is 2. The first-order valence-corrected chi connectivity index (χ1v) is 13.1. The number of hydrogen-bond acceptors (Lipinski definition) is 3. The molecule has 0 radical (unpaired) electrons. The second-order valence-corrected chi connectivity index (χ2v) is 11.2. The predicted molar refractivity (Wildman–Crippen MR) is 136 cm³/mol. The van der Waals surface area contributed by atoms with E-state index in [1.165, 1.54) is 28.2 Å². The molecular weight excluding hydrogens is 457 g/mol. The summed E-state index contributed by atoms with van der Waals surface area (Å²) in [5.41, 5.74) is 3.64. The van der Waals surface area contributed by atoms with Crippen LogP contribution in [0.1, 0.15) is 68.2 Å². The molecule has 1 atom stereocenters. The van der Waals surface area contributed by atoms with E-state index in [0.717, 1.165) is 37.8 Å². The highest BCUT2D eigenvalue weighted by Gasteiger charge is 2.52. The van der Waals surface area contributed by atoms with Gasteiger partial charge in [-0.05, 0) is 65.8 Å². The highest BCUT2D eigenvalue weighted by molar-refractivity contribution is 5.80. The third kappa shape index (κ3) is 4.85. The molecule has 2 aromatic carbocycles. The molecule has 3 aliphatic rings. The molecule has 2 amide bonds. The average Bonchev–Trinajstić information content (AvgIpc) is 2.84. The second-order valence-electron chi connectivity index (χ2n) is 11.2. The number of benzene rings is 2. The Labute approximate surface area is 212 Å². The normalized spacial score (nSPS) is 22.8. The van der Waals surface area contributed by atoms with Gasteiger partial charge in [-0.25, -0.2) is 9.18 Å². The van der Waals surface area contributed by atoms with E-state index in [9.17, 15) is 19.1 Å². The van der Waals surface area contributed by atoms with Crippen LogP contribution in [-0.4, -0.2) is 64.0 Å². The Hall–Kier alpha value is -2.93. The molecule has 2 saturated heterocycles. The highest BCUT2D eigenvalue weighted by Crippen LogP contribution is 2.53. The van der Waals surface area contributed by atoms with E-state index in [2.05, 4.69) is 47.9 Å². The van der Waals surface area contributed by atoms with Crippen molar-refractivity contribution < 1.29 is 19.1 Å². The van der Waals surface area contributed by atoms with E-state index in [-0.39, 0.29) is 29.2 Å². The number of halogens is 1. The van der Waals surface area contributed by atoms with Crippen molar-refractivity contribution in [2.45, 2.75) is 64.1 Å². The molecule has 5 rings (SSSR count). The molecule has 192 valence electrons. The van der Waals surface area contributed by atoms with Crippen LogP contribution in [0.2, 0.25) is 0 Å². The van der Waals surface area contributed by atoms with Gasteiger partial charge in [-0.15, -0.1) is 0 Å². The van der Waals surface area contributed by atoms with Gasteiger partial charge in [0.2, 0.25) is 5.91 Å². The zero-order valence-electron chi connectivity index (χ0n) is 21.2. The van der Waals surface area contributed by atoms with Gasteiger partial charge in [0.25, 0.3) is 0 Å². The van der Waals surface area contributed by atoms with E-state index < -0.39 is 6.09 Å². The van der Waals surface area contributed by atoms with Gasteiger partial charge < -0.3 is 14.9 Å². The number of rotatable bonds is 5. The fourth-order valence-electron chi connectivity index (χ4n) is 6.58. The SMILES string of the molecule is CC(C)c1ccccc1[C@H]1CN(Cc2ccc(F)cc2)CC(=O)N1C1CC2(CCN(C(=O)O)CC2)C1. The molecule has 0 bridgehead atoms. The molecule has 2 aromatic rings. The molecule has 1 N–H and O–H groups in total. The van der Waals surface area contributed by atoms with Crippen molar-refractivity contribution in [1.29, 1.82) is 0 Å². The van der Waals surface area contributed by atoms with Gasteiger partial charge in [-0.3, -0.25) is 9.69 Å². The lowest BCUT2D eigenvalue weighted by Gasteiger charge is -2.58. The minimum absolute atomic E-state index is 0.0354. The highest BCUT2D eigenvalue weighted by atomic mass is 19.1. The third-order valence-electron chi connectivity index (χ3n) is 8.54. The summed E-state index contributed by atoms with van der Waals surface area (Å²) < 4.78 is 13.4. The lowest BCUT2D eigenvalue weighted by molar-refractivity contribution is -0.153. The van der Waals surface area contributed by atoms with Crippen LogP contribution in [0.4, 0.5) is 9.18 Å². The number of likely N-dealkylation sites (tertiary alicyclic amines) is 1. The van der Waals surface area contributed by atoms with Crippen molar-refractivity contribution in [2.75, 3.05) is 26.2 Å². The van der Waals surface area contributed by atoms with Crippen LogP contribution < -0.4 is 0 Å². The smallest absolute Gasteiger partial charge is 0.407 e. The minimum atomic E-state index is -0.835. The second kappa shape index (κ2) is 9.85. The summed E-state index contributed by atoms with van der Waals surface area (Å²) in [4.78, 5) is 30.9. The minimum Gasteiger partial charge on any atom is -0.465 e. The summed E-state index contributed by atoms with van der Waals surface area (Å²) in [5.74, 6) is 0.241. The van der Waals surface area contributed by atoms with Crippen molar-refractivity contribution >= 4 is 12.0 Å². The first-order valence-electron chi connectivity index (χ1n) is 13.1. The van der Waals surface area contributed by atoms with E-state index in [0.29, 0.717) is 32.1 Å². The molecule has 1 saturated carbocycles. The van der Waals surface area contributed by atoms with Gasteiger partial charge >= 0.3 is 6.09 Å². The van der Waals surface area contributed by atoms with Gasteiger partial charge in [0.05, 0.1) is 12.6 Å². The first kappa shape index (κ1) is 24.8.